The van der Waals surface area contributed by atoms with E-state index in [1.54, 1.807) is 0 Å². The minimum absolute atomic E-state index is 0.122. The summed E-state index contributed by atoms with van der Waals surface area (Å²) in [6, 6.07) is -0.122. The molecule has 2 unspecified atom stereocenters. The smallest absolute Gasteiger partial charge is 0.265 e. The monoisotopic (exact) mass is 255 g/mol. The topological polar surface area (TPSA) is 75.1 Å². The highest BCUT2D eigenvalue weighted by Crippen LogP contribution is 2.19. The lowest BCUT2D eigenvalue weighted by atomic mass is 9.92. The van der Waals surface area contributed by atoms with Crippen molar-refractivity contribution < 1.29 is 9.90 Å². The van der Waals surface area contributed by atoms with Gasteiger partial charge >= 0.3 is 0 Å². The van der Waals surface area contributed by atoms with Crippen molar-refractivity contribution in [3.8, 4) is 0 Å². The van der Waals surface area contributed by atoms with Crippen LogP contribution in [0.5, 0.6) is 0 Å². The second-order valence-electron chi connectivity index (χ2n) is 4.33. The Morgan fingerprint density at radius 2 is 2.29 bits per heavy atom. The van der Waals surface area contributed by atoms with Crippen molar-refractivity contribution >= 4 is 17.4 Å². The number of rotatable bonds is 3. The van der Waals surface area contributed by atoms with Gasteiger partial charge < -0.3 is 10.4 Å². The van der Waals surface area contributed by atoms with E-state index in [-0.39, 0.29) is 11.9 Å². The van der Waals surface area contributed by atoms with E-state index in [4.69, 9.17) is 0 Å². The van der Waals surface area contributed by atoms with Gasteiger partial charge in [0.1, 0.15) is 4.88 Å². The molecule has 1 aromatic heterocycles. The summed E-state index contributed by atoms with van der Waals surface area (Å²) in [4.78, 5) is 12.6. The third kappa shape index (κ3) is 2.81. The summed E-state index contributed by atoms with van der Waals surface area (Å²) in [5.74, 6) is -0.150. The molecule has 0 aromatic carbocycles. The molecule has 1 saturated carbocycles. The van der Waals surface area contributed by atoms with E-state index in [1.165, 1.54) is 0 Å². The van der Waals surface area contributed by atoms with Gasteiger partial charge in [0.15, 0.2) is 0 Å². The van der Waals surface area contributed by atoms with Gasteiger partial charge in [-0.2, -0.15) is 0 Å². The molecule has 17 heavy (non-hydrogen) atoms. The number of hydrogen-bond donors (Lipinski definition) is 2. The zero-order valence-corrected chi connectivity index (χ0v) is 10.7. The number of aliphatic hydroxyl groups is 1. The molecule has 2 atom stereocenters. The molecule has 0 bridgehead atoms. The Bertz CT molecular complexity index is 394. The van der Waals surface area contributed by atoms with Crippen molar-refractivity contribution in [2.75, 3.05) is 0 Å². The molecular formula is C11H17N3O2S. The first-order chi connectivity index (χ1) is 8.22. The van der Waals surface area contributed by atoms with E-state index in [9.17, 15) is 9.90 Å². The largest absolute Gasteiger partial charge is 0.391 e. The standard InChI is InChI=1S/C11H17N3O2S/c1-2-7-10(17-14-13-7)11(16)12-8-5-3-4-6-9(8)15/h8-9,15H,2-6H2,1H3,(H,12,16). The Kier molecular flexibility index (Phi) is 4.06. The molecule has 94 valence electrons. The molecule has 1 amide bonds. The maximum Gasteiger partial charge on any atom is 0.265 e. The first-order valence-electron chi connectivity index (χ1n) is 6.02. The molecule has 0 radical (unpaired) electrons. The van der Waals surface area contributed by atoms with Crippen molar-refractivity contribution in [2.24, 2.45) is 0 Å². The molecule has 2 N–H and O–H groups in total. The summed E-state index contributed by atoms with van der Waals surface area (Å²) in [5, 5.41) is 16.6. The van der Waals surface area contributed by atoms with Gasteiger partial charge in [0.2, 0.25) is 0 Å². The van der Waals surface area contributed by atoms with Crippen LogP contribution in [0.3, 0.4) is 0 Å². The molecule has 1 aliphatic rings. The van der Waals surface area contributed by atoms with E-state index in [1.807, 2.05) is 6.92 Å². The van der Waals surface area contributed by atoms with Crippen molar-refractivity contribution in [3.63, 3.8) is 0 Å². The number of carbonyl (C=O) groups is 1. The van der Waals surface area contributed by atoms with Crippen LogP contribution in [0.2, 0.25) is 0 Å². The lowest BCUT2D eigenvalue weighted by molar-refractivity contribution is 0.0719. The Balaban J connectivity index is 2.01. The Hall–Kier alpha value is -1.01. The number of aryl methyl sites for hydroxylation is 1. The van der Waals surface area contributed by atoms with Crippen LogP contribution in [0, 0.1) is 0 Å². The lowest BCUT2D eigenvalue weighted by Gasteiger charge is -2.28. The van der Waals surface area contributed by atoms with Gasteiger partial charge in [0.25, 0.3) is 5.91 Å². The number of aromatic nitrogens is 2. The Morgan fingerprint density at radius 1 is 1.53 bits per heavy atom. The van der Waals surface area contributed by atoms with Gasteiger partial charge in [-0.15, -0.1) is 5.10 Å². The number of nitrogens with one attached hydrogen (secondary N) is 1. The van der Waals surface area contributed by atoms with Gasteiger partial charge in [-0.05, 0) is 30.8 Å². The highest BCUT2D eigenvalue weighted by Gasteiger charge is 2.26. The average molecular weight is 255 g/mol. The fourth-order valence-corrected chi connectivity index (χ4v) is 2.78. The van der Waals surface area contributed by atoms with Crippen molar-refractivity contribution in [1.29, 1.82) is 0 Å². The zero-order chi connectivity index (χ0) is 12.3. The second-order valence-corrected chi connectivity index (χ2v) is 5.09. The van der Waals surface area contributed by atoms with E-state index in [2.05, 4.69) is 14.9 Å². The first kappa shape index (κ1) is 12.4. The summed E-state index contributed by atoms with van der Waals surface area (Å²) < 4.78 is 3.79. The van der Waals surface area contributed by atoms with E-state index in [0.717, 1.165) is 42.9 Å². The molecule has 1 heterocycles. The number of amides is 1. The molecule has 1 aromatic rings. The fraction of sp³-hybridized carbons (Fsp3) is 0.727. The quantitative estimate of drug-likeness (QED) is 0.849. The van der Waals surface area contributed by atoms with E-state index >= 15 is 0 Å². The molecule has 1 aliphatic carbocycles. The molecular weight excluding hydrogens is 238 g/mol. The van der Waals surface area contributed by atoms with Gasteiger partial charge in [0, 0.05) is 0 Å². The highest BCUT2D eigenvalue weighted by atomic mass is 32.1. The predicted octanol–water partition coefficient (Wildman–Crippen LogP) is 1.13. The Morgan fingerprint density at radius 3 is 3.00 bits per heavy atom. The Labute approximate surface area is 104 Å². The van der Waals surface area contributed by atoms with Crippen LogP contribution < -0.4 is 5.32 Å². The van der Waals surface area contributed by atoms with Crippen LogP contribution in [0.4, 0.5) is 0 Å². The lowest BCUT2D eigenvalue weighted by Crippen LogP contribution is -2.45. The fourth-order valence-electron chi connectivity index (χ4n) is 2.13. The van der Waals surface area contributed by atoms with Crippen LogP contribution in [-0.4, -0.2) is 32.7 Å². The van der Waals surface area contributed by atoms with Crippen molar-refractivity contribution in [3.05, 3.63) is 10.6 Å². The van der Waals surface area contributed by atoms with E-state index < -0.39 is 6.10 Å². The van der Waals surface area contributed by atoms with Gasteiger partial charge in [0.05, 0.1) is 17.8 Å². The summed E-state index contributed by atoms with van der Waals surface area (Å²) in [7, 11) is 0. The van der Waals surface area contributed by atoms with Crippen LogP contribution >= 0.6 is 11.5 Å². The van der Waals surface area contributed by atoms with Gasteiger partial charge in [-0.25, -0.2) is 0 Å². The summed E-state index contributed by atoms with van der Waals surface area (Å²) in [5.41, 5.74) is 0.734. The molecule has 6 heteroatoms. The number of hydrogen-bond acceptors (Lipinski definition) is 5. The second kappa shape index (κ2) is 5.55. The molecule has 1 fully saturated rings. The minimum atomic E-state index is -0.418. The predicted molar refractivity (Wildman–Crippen MR) is 65.0 cm³/mol. The molecule has 5 nitrogen and oxygen atoms in total. The first-order valence-corrected chi connectivity index (χ1v) is 6.80. The van der Waals surface area contributed by atoms with Crippen LogP contribution in [0.15, 0.2) is 0 Å². The number of aliphatic hydroxyl groups excluding tert-OH is 1. The summed E-state index contributed by atoms with van der Waals surface area (Å²) in [6.45, 7) is 1.95. The van der Waals surface area contributed by atoms with Crippen molar-refractivity contribution in [2.45, 2.75) is 51.2 Å². The third-order valence-electron chi connectivity index (χ3n) is 3.14. The number of carbonyl (C=O) groups excluding carboxylic acids is 1. The van der Waals surface area contributed by atoms with Crippen LogP contribution in [0.25, 0.3) is 0 Å². The molecule has 0 spiro atoms. The number of nitrogens with zero attached hydrogens (tertiary/aromatic N) is 2. The third-order valence-corrected chi connectivity index (χ3v) is 3.91. The van der Waals surface area contributed by atoms with Crippen LogP contribution in [0.1, 0.15) is 48.0 Å². The maximum atomic E-state index is 12.0. The maximum absolute atomic E-state index is 12.0. The van der Waals surface area contributed by atoms with Crippen LogP contribution in [-0.2, 0) is 6.42 Å². The normalized spacial score (nSPS) is 24.6. The SMILES string of the molecule is CCc1nnsc1C(=O)NC1CCCCC1O. The van der Waals surface area contributed by atoms with Gasteiger partial charge in [-0.1, -0.05) is 24.3 Å². The molecule has 0 aliphatic heterocycles. The van der Waals surface area contributed by atoms with Crippen molar-refractivity contribution in [1.82, 2.24) is 14.9 Å². The van der Waals surface area contributed by atoms with Gasteiger partial charge in [-0.3, -0.25) is 4.79 Å². The average Bonchev–Trinajstić information content (AvgIpc) is 2.80. The van der Waals surface area contributed by atoms with E-state index in [0.29, 0.717) is 11.3 Å². The minimum Gasteiger partial charge on any atom is -0.391 e. The summed E-state index contributed by atoms with van der Waals surface area (Å²) in [6.07, 6.45) is 4.00. The summed E-state index contributed by atoms with van der Waals surface area (Å²) >= 11 is 1.12. The zero-order valence-electron chi connectivity index (χ0n) is 9.85. The highest BCUT2D eigenvalue weighted by molar-refractivity contribution is 7.08. The molecule has 0 saturated heterocycles. The molecule has 2 rings (SSSR count).